The zero-order chi connectivity index (χ0) is 17.9. The molecule has 1 fully saturated rings. The summed E-state index contributed by atoms with van der Waals surface area (Å²) in [6.07, 6.45) is 1.41. The molecule has 146 valence electrons. The van der Waals surface area contributed by atoms with Crippen molar-refractivity contribution in [2.45, 2.75) is 39.7 Å². The Bertz CT molecular complexity index is 440. The molecule has 8 nitrogen and oxygen atoms in total. The lowest BCUT2D eigenvalue weighted by Gasteiger charge is -2.32. The van der Waals surface area contributed by atoms with Crippen molar-refractivity contribution in [1.29, 1.82) is 0 Å². The van der Waals surface area contributed by atoms with Crippen molar-refractivity contribution in [2.75, 3.05) is 39.9 Å². The van der Waals surface area contributed by atoms with Gasteiger partial charge in [-0.3, -0.25) is 9.79 Å². The highest BCUT2D eigenvalue weighted by Crippen LogP contribution is 2.11. The third-order valence-corrected chi connectivity index (χ3v) is 3.83. The number of carbonyl (C=O) groups is 2. The molecule has 0 aromatic rings. The van der Waals surface area contributed by atoms with Gasteiger partial charge in [0.15, 0.2) is 5.96 Å². The molecule has 0 saturated carbocycles. The van der Waals surface area contributed by atoms with Crippen molar-refractivity contribution in [3.05, 3.63) is 0 Å². The maximum Gasteiger partial charge on any atom is 0.409 e. The van der Waals surface area contributed by atoms with Crippen molar-refractivity contribution in [1.82, 2.24) is 15.5 Å². The van der Waals surface area contributed by atoms with E-state index >= 15 is 0 Å². The van der Waals surface area contributed by atoms with Crippen LogP contribution in [0.25, 0.3) is 0 Å². The Hall–Kier alpha value is -1.26. The molecule has 1 aliphatic rings. The molecule has 0 aromatic heterocycles. The number of piperidine rings is 1. The molecule has 1 aliphatic heterocycles. The Balaban J connectivity index is 0.00000576. The summed E-state index contributed by atoms with van der Waals surface area (Å²) < 4.78 is 9.73. The van der Waals surface area contributed by atoms with Crippen LogP contribution in [-0.4, -0.2) is 68.9 Å². The van der Waals surface area contributed by atoms with E-state index in [1.54, 1.807) is 18.7 Å². The van der Waals surface area contributed by atoms with Crippen LogP contribution in [0.4, 0.5) is 4.79 Å². The van der Waals surface area contributed by atoms with E-state index in [0.29, 0.717) is 32.2 Å². The number of hydrogen-bond acceptors (Lipinski definition) is 5. The first-order valence-electron chi connectivity index (χ1n) is 8.56. The summed E-state index contributed by atoms with van der Waals surface area (Å²) in [6.45, 7) is 8.40. The molecule has 0 aromatic carbocycles. The first-order chi connectivity index (χ1) is 11.5. The predicted molar refractivity (Wildman–Crippen MR) is 107 cm³/mol. The van der Waals surface area contributed by atoms with Crippen molar-refractivity contribution < 1.29 is 19.1 Å². The van der Waals surface area contributed by atoms with E-state index < -0.39 is 0 Å². The quantitative estimate of drug-likeness (QED) is 0.265. The van der Waals surface area contributed by atoms with Crippen LogP contribution in [0.3, 0.4) is 0 Å². The number of rotatable bonds is 6. The Morgan fingerprint density at radius 1 is 1.28 bits per heavy atom. The van der Waals surface area contributed by atoms with Gasteiger partial charge in [0.05, 0.1) is 26.2 Å². The number of nitrogens with zero attached hydrogens (tertiary/aromatic N) is 2. The molecule has 0 radical (unpaired) electrons. The maximum absolute atomic E-state index is 11.7. The van der Waals surface area contributed by atoms with E-state index in [0.717, 1.165) is 19.4 Å². The number of halogens is 1. The number of hydrogen-bond donors (Lipinski definition) is 2. The monoisotopic (exact) mass is 470 g/mol. The molecule has 1 amide bonds. The van der Waals surface area contributed by atoms with Crippen molar-refractivity contribution in [2.24, 2.45) is 10.9 Å². The molecule has 9 heteroatoms. The Morgan fingerprint density at radius 3 is 2.44 bits per heavy atom. The lowest BCUT2D eigenvalue weighted by Crippen LogP contribution is -2.50. The summed E-state index contributed by atoms with van der Waals surface area (Å²) in [7, 11) is 1.38. The topological polar surface area (TPSA) is 92.3 Å². The van der Waals surface area contributed by atoms with E-state index in [1.807, 2.05) is 6.92 Å². The van der Waals surface area contributed by atoms with Crippen LogP contribution in [0.1, 0.15) is 33.6 Å². The van der Waals surface area contributed by atoms with Gasteiger partial charge in [-0.15, -0.1) is 24.0 Å². The number of guanidine groups is 1. The summed E-state index contributed by atoms with van der Waals surface area (Å²) >= 11 is 0. The molecule has 1 saturated heterocycles. The van der Waals surface area contributed by atoms with Crippen LogP contribution >= 0.6 is 24.0 Å². The third-order valence-electron chi connectivity index (χ3n) is 3.83. The summed E-state index contributed by atoms with van der Waals surface area (Å²) in [6, 6.07) is 0.238. The average molecular weight is 470 g/mol. The smallest absolute Gasteiger partial charge is 0.409 e. The number of ether oxygens (including phenoxy) is 2. The number of likely N-dealkylation sites (tertiary alicyclic amines) is 1. The van der Waals surface area contributed by atoms with Gasteiger partial charge >= 0.3 is 12.1 Å². The minimum absolute atomic E-state index is 0. The summed E-state index contributed by atoms with van der Waals surface area (Å²) in [5.74, 6) is 0.135. The summed E-state index contributed by atoms with van der Waals surface area (Å²) in [5, 5.41) is 6.55. The molecular formula is C16H31IN4O4. The van der Waals surface area contributed by atoms with Gasteiger partial charge in [0.2, 0.25) is 0 Å². The first-order valence-corrected chi connectivity index (χ1v) is 8.56. The Kier molecular flexibility index (Phi) is 12.4. The second-order valence-electron chi connectivity index (χ2n) is 5.75. The second kappa shape index (κ2) is 13.0. The normalized spacial score (nSPS) is 16.5. The molecule has 0 bridgehead atoms. The fourth-order valence-corrected chi connectivity index (χ4v) is 2.44. The number of amides is 1. The minimum atomic E-state index is -0.281. The number of aliphatic imine (C=N–C) groups is 1. The van der Waals surface area contributed by atoms with Crippen LogP contribution < -0.4 is 10.6 Å². The maximum atomic E-state index is 11.7. The van der Waals surface area contributed by atoms with E-state index in [1.165, 1.54) is 7.11 Å². The lowest BCUT2D eigenvalue weighted by molar-refractivity contribution is -0.144. The molecular weight excluding hydrogens is 439 g/mol. The van der Waals surface area contributed by atoms with Crippen LogP contribution in [0.5, 0.6) is 0 Å². The highest BCUT2D eigenvalue weighted by Gasteiger charge is 2.24. The van der Waals surface area contributed by atoms with Gasteiger partial charge in [-0.25, -0.2) is 4.79 Å². The molecule has 0 spiro atoms. The SMILES string of the molecule is CCNC(=NCC(C)C(=O)OC)NC1CCN(C(=O)OCC)CC1.I. The number of esters is 1. The molecule has 1 unspecified atom stereocenters. The van der Waals surface area contributed by atoms with E-state index in [2.05, 4.69) is 15.6 Å². The Labute approximate surface area is 167 Å². The lowest BCUT2D eigenvalue weighted by atomic mass is 10.1. The van der Waals surface area contributed by atoms with Gasteiger partial charge in [-0.05, 0) is 26.7 Å². The fourth-order valence-electron chi connectivity index (χ4n) is 2.44. The molecule has 1 atom stereocenters. The zero-order valence-electron chi connectivity index (χ0n) is 15.5. The molecule has 1 heterocycles. The van der Waals surface area contributed by atoms with Gasteiger partial charge < -0.3 is 25.0 Å². The summed E-state index contributed by atoms with van der Waals surface area (Å²) in [5.41, 5.74) is 0. The molecule has 1 rings (SSSR count). The van der Waals surface area contributed by atoms with Crippen LogP contribution in [-0.2, 0) is 14.3 Å². The standard InChI is InChI=1S/C16H30N4O4.HI/c1-5-17-15(18-11-12(3)14(21)23-4)19-13-7-9-20(10-8-13)16(22)24-6-2;/h12-13H,5-11H2,1-4H3,(H2,17,18,19);1H. The van der Waals surface area contributed by atoms with E-state index in [9.17, 15) is 9.59 Å². The second-order valence-corrected chi connectivity index (χ2v) is 5.75. The number of nitrogens with one attached hydrogen (secondary N) is 2. The van der Waals surface area contributed by atoms with E-state index in [4.69, 9.17) is 9.47 Å². The summed E-state index contributed by atoms with van der Waals surface area (Å²) in [4.78, 5) is 29.3. The number of carbonyl (C=O) groups excluding carboxylic acids is 2. The predicted octanol–water partition coefficient (Wildman–Crippen LogP) is 1.59. The minimum Gasteiger partial charge on any atom is -0.469 e. The molecule has 2 N–H and O–H groups in total. The third kappa shape index (κ3) is 8.59. The van der Waals surface area contributed by atoms with Crippen LogP contribution in [0, 0.1) is 5.92 Å². The average Bonchev–Trinajstić information content (AvgIpc) is 2.59. The molecule has 0 aliphatic carbocycles. The van der Waals surface area contributed by atoms with Gasteiger partial charge in [-0.2, -0.15) is 0 Å². The highest BCUT2D eigenvalue weighted by molar-refractivity contribution is 14.0. The van der Waals surface area contributed by atoms with Crippen LogP contribution in [0.2, 0.25) is 0 Å². The number of methoxy groups -OCH3 is 1. The van der Waals surface area contributed by atoms with Gasteiger partial charge in [-0.1, -0.05) is 6.92 Å². The Morgan fingerprint density at radius 2 is 1.92 bits per heavy atom. The van der Waals surface area contributed by atoms with E-state index in [-0.39, 0.29) is 48.0 Å². The molecule has 25 heavy (non-hydrogen) atoms. The van der Waals surface area contributed by atoms with Gasteiger partial charge in [0.1, 0.15) is 0 Å². The van der Waals surface area contributed by atoms with Crippen molar-refractivity contribution >= 4 is 42.0 Å². The first kappa shape index (κ1) is 23.7. The highest BCUT2D eigenvalue weighted by atomic mass is 127. The fraction of sp³-hybridized carbons (Fsp3) is 0.812. The van der Waals surface area contributed by atoms with Crippen LogP contribution in [0.15, 0.2) is 4.99 Å². The van der Waals surface area contributed by atoms with Gasteiger partial charge in [0, 0.05) is 25.7 Å². The largest absolute Gasteiger partial charge is 0.469 e. The van der Waals surface area contributed by atoms with Crippen molar-refractivity contribution in [3.63, 3.8) is 0 Å². The van der Waals surface area contributed by atoms with Crippen molar-refractivity contribution in [3.8, 4) is 0 Å². The van der Waals surface area contributed by atoms with Gasteiger partial charge in [0.25, 0.3) is 0 Å². The zero-order valence-corrected chi connectivity index (χ0v) is 17.9.